The third kappa shape index (κ3) is 5.55. The molecule has 1 atom stereocenters. The fraction of sp³-hybridized carbons (Fsp3) is 0.412. The minimum Gasteiger partial charge on any atom is -0.497 e. The second-order valence-electron chi connectivity index (χ2n) is 5.81. The molecule has 9 heteroatoms. The van der Waals surface area contributed by atoms with E-state index in [0.29, 0.717) is 12.4 Å². The molecule has 1 saturated heterocycles. The van der Waals surface area contributed by atoms with Crippen molar-refractivity contribution in [1.82, 2.24) is 25.5 Å². The van der Waals surface area contributed by atoms with E-state index < -0.39 is 0 Å². The van der Waals surface area contributed by atoms with Gasteiger partial charge >= 0.3 is 0 Å². The molecule has 1 aromatic carbocycles. The van der Waals surface area contributed by atoms with Gasteiger partial charge in [0.25, 0.3) is 0 Å². The number of tetrazole rings is 1. The standard InChI is InChI=1S/C17H21N5O2S.ClH/c1-12(23)25-16-7-8-18-10-14(16)9-17-19-21-22(20-17)11-13-3-5-15(24-2)6-4-13;/h3-6,9,16,18H,7-8,10-11H2,1-2H3;1H/b14-9-;. The molecule has 0 bridgehead atoms. The zero-order valence-corrected chi connectivity index (χ0v) is 16.3. The molecule has 140 valence electrons. The van der Waals surface area contributed by atoms with Gasteiger partial charge in [0.05, 0.1) is 13.7 Å². The lowest BCUT2D eigenvalue weighted by Crippen LogP contribution is -2.32. The van der Waals surface area contributed by atoms with Gasteiger partial charge in [-0.3, -0.25) is 4.79 Å². The normalized spacial score (nSPS) is 18.4. The first-order chi connectivity index (χ1) is 12.1. The van der Waals surface area contributed by atoms with Gasteiger partial charge in [-0.15, -0.1) is 22.6 Å². The van der Waals surface area contributed by atoms with E-state index in [0.717, 1.165) is 36.4 Å². The molecule has 0 amide bonds. The fourth-order valence-electron chi connectivity index (χ4n) is 2.68. The van der Waals surface area contributed by atoms with Gasteiger partial charge in [-0.1, -0.05) is 23.9 Å². The minimum atomic E-state index is 0. The number of benzene rings is 1. The number of hydrogen-bond donors (Lipinski definition) is 1. The van der Waals surface area contributed by atoms with Crippen molar-refractivity contribution in [3.05, 3.63) is 41.2 Å². The Morgan fingerprint density at radius 2 is 2.19 bits per heavy atom. The summed E-state index contributed by atoms with van der Waals surface area (Å²) in [5.74, 6) is 1.39. The summed E-state index contributed by atoms with van der Waals surface area (Å²) < 4.78 is 5.16. The maximum atomic E-state index is 11.4. The number of aromatic nitrogens is 4. The lowest BCUT2D eigenvalue weighted by Gasteiger charge is -2.24. The van der Waals surface area contributed by atoms with Crippen molar-refractivity contribution >= 4 is 35.4 Å². The van der Waals surface area contributed by atoms with Crippen molar-refractivity contribution < 1.29 is 9.53 Å². The van der Waals surface area contributed by atoms with Gasteiger partial charge in [-0.25, -0.2) is 0 Å². The number of piperidine rings is 1. The number of nitrogens with one attached hydrogen (secondary N) is 1. The number of thioether (sulfide) groups is 1. The van der Waals surface area contributed by atoms with Crippen molar-refractivity contribution in [2.75, 3.05) is 20.2 Å². The van der Waals surface area contributed by atoms with Crippen LogP contribution in [0.15, 0.2) is 29.8 Å². The molecule has 3 rings (SSSR count). The molecule has 1 aromatic heterocycles. The molecule has 2 aromatic rings. The number of rotatable bonds is 5. The van der Waals surface area contributed by atoms with Crippen LogP contribution < -0.4 is 10.1 Å². The maximum absolute atomic E-state index is 11.4. The van der Waals surface area contributed by atoms with E-state index in [9.17, 15) is 4.79 Å². The third-order valence-electron chi connectivity index (χ3n) is 3.90. The molecule has 0 spiro atoms. The average Bonchev–Trinajstić information content (AvgIpc) is 3.04. The fourth-order valence-corrected chi connectivity index (χ4v) is 3.62. The quantitative estimate of drug-likeness (QED) is 0.830. The second-order valence-corrected chi connectivity index (χ2v) is 7.19. The lowest BCUT2D eigenvalue weighted by molar-refractivity contribution is -0.109. The molecule has 1 N–H and O–H groups in total. The molecule has 2 heterocycles. The van der Waals surface area contributed by atoms with Gasteiger partial charge in [-0.05, 0) is 47.5 Å². The molecular weight excluding hydrogens is 374 g/mol. The van der Waals surface area contributed by atoms with E-state index in [4.69, 9.17) is 4.74 Å². The Labute approximate surface area is 163 Å². The molecule has 0 aliphatic carbocycles. The predicted octanol–water partition coefficient (Wildman–Crippen LogP) is 2.18. The Hall–Kier alpha value is -1.90. The van der Waals surface area contributed by atoms with E-state index in [2.05, 4.69) is 20.7 Å². The molecule has 1 aliphatic heterocycles. The van der Waals surface area contributed by atoms with Crippen molar-refractivity contribution in [1.29, 1.82) is 0 Å². The SMILES string of the molecule is COc1ccc(Cn2nnc(/C=C3/CNCCC3SC(C)=O)n2)cc1.Cl. The van der Waals surface area contributed by atoms with Crippen LogP contribution in [0.25, 0.3) is 6.08 Å². The number of methoxy groups -OCH3 is 1. The zero-order valence-electron chi connectivity index (χ0n) is 14.7. The molecule has 0 radical (unpaired) electrons. The molecule has 1 fully saturated rings. The van der Waals surface area contributed by atoms with Gasteiger partial charge in [0.1, 0.15) is 5.75 Å². The van der Waals surface area contributed by atoms with Gasteiger partial charge < -0.3 is 10.1 Å². The molecule has 7 nitrogen and oxygen atoms in total. The summed E-state index contributed by atoms with van der Waals surface area (Å²) in [6.07, 6.45) is 2.86. The molecule has 1 aliphatic rings. The highest BCUT2D eigenvalue weighted by molar-refractivity contribution is 8.14. The minimum absolute atomic E-state index is 0. The smallest absolute Gasteiger partial charge is 0.197 e. The predicted molar refractivity (Wildman–Crippen MR) is 105 cm³/mol. The van der Waals surface area contributed by atoms with Gasteiger partial charge in [0, 0.05) is 18.7 Å². The van der Waals surface area contributed by atoms with E-state index in [1.54, 1.807) is 18.8 Å². The monoisotopic (exact) mass is 395 g/mol. The number of carbonyl (C=O) groups excluding carboxylic acids is 1. The van der Waals surface area contributed by atoms with E-state index in [1.807, 2.05) is 30.3 Å². The largest absolute Gasteiger partial charge is 0.497 e. The molecule has 0 saturated carbocycles. The highest BCUT2D eigenvalue weighted by atomic mass is 35.5. The van der Waals surface area contributed by atoms with Crippen LogP contribution in [0, 0.1) is 0 Å². The van der Waals surface area contributed by atoms with Crippen LogP contribution in [0.4, 0.5) is 0 Å². The number of hydrogen-bond acceptors (Lipinski definition) is 7. The summed E-state index contributed by atoms with van der Waals surface area (Å²) in [5.41, 5.74) is 2.21. The summed E-state index contributed by atoms with van der Waals surface area (Å²) in [5, 5.41) is 16.3. The van der Waals surface area contributed by atoms with Crippen LogP contribution >= 0.6 is 24.2 Å². The van der Waals surface area contributed by atoms with Crippen LogP contribution in [0.2, 0.25) is 0 Å². The van der Waals surface area contributed by atoms with Gasteiger partial charge in [-0.2, -0.15) is 4.80 Å². The molecule has 1 unspecified atom stereocenters. The highest BCUT2D eigenvalue weighted by Gasteiger charge is 2.21. The van der Waals surface area contributed by atoms with Crippen LogP contribution in [0.1, 0.15) is 24.7 Å². The lowest BCUT2D eigenvalue weighted by atomic mass is 10.1. The van der Waals surface area contributed by atoms with Crippen LogP contribution in [0.3, 0.4) is 0 Å². The maximum Gasteiger partial charge on any atom is 0.197 e. The molecule has 26 heavy (non-hydrogen) atoms. The summed E-state index contributed by atoms with van der Waals surface area (Å²) in [6.45, 7) is 3.82. The number of halogens is 1. The summed E-state index contributed by atoms with van der Waals surface area (Å²) >= 11 is 1.37. The topological polar surface area (TPSA) is 81.9 Å². The van der Waals surface area contributed by atoms with E-state index in [1.165, 1.54) is 11.8 Å². The Bertz CT molecular complexity index is 763. The van der Waals surface area contributed by atoms with E-state index >= 15 is 0 Å². The van der Waals surface area contributed by atoms with Crippen LogP contribution in [-0.4, -0.2) is 50.8 Å². The summed E-state index contributed by atoms with van der Waals surface area (Å²) in [7, 11) is 1.64. The van der Waals surface area contributed by atoms with Crippen molar-refractivity contribution in [3.8, 4) is 5.75 Å². The van der Waals surface area contributed by atoms with Crippen LogP contribution in [0.5, 0.6) is 5.75 Å². The Morgan fingerprint density at radius 3 is 2.88 bits per heavy atom. The van der Waals surface area contributed by atoms with E-state index in [-0.39, 0.29) is 22.8 Å². The number of ether oxygens (including phenoxy) is 1. The Balaban J connectivity index is 0.00000243. The first-order valence-electron chi connectivity index (χ1n) is 8.13. The first-order valence-corrected chi connectivity index (χ1v) is 9.01. The first kappa shape index (κ1) is 20.4. The average molecular weight is 396 g/mol. The zero-order chi connectivity index (χ0) is 17.6. The van der Waals surface area contributed by atoms with Gasteiger partial charge in [0.15, 0.2) is 10.9 Å². The molecular formula is C17H22ClN5O2S. The van der Waals surface area contributed by atoms with Gasteiger partial charge in [0.2, 0.25) is 0 Å². The number of carbonyl (C=O) groups is 1. The highest BCUT2D eigenvalue weighted by Crippen LogP contribution is 2.26. The van der Waals surface area contributed by atoms with Crippen molar-refractivity contribution in [2.45, 2.75) is 25.1 Å². The van der Waals surface area contributed by atoms with Crippen molar-refractivity contribution in [2.24, 2.45) is 0 Å². The summed E-state index contributed by atoms with van der Waals surface area (Å²) in [6, 6.07) is 7.77. The van der Waals surface area contributed by atoms with Crippen LogP contribution in [-0.2, 0) is 11.3 Å². The van der Waals surface area contributed by atoms with Crippen molar-refractivity contribution in [3.63, 3.8) is 0 Å². The third-order valence-corrected chi connectivity index (χ3v) is 5.05. The Kier molecular flexibility index (Phi) is 7.62. The number of nitrogens with zero attached hydrogens (tertiary/aromatic N) is 4. The Morgan fingerprint density at radius 1 is 1.42 bits per heavy atom. The second kappa shape index (κ2) is 9.70. The summed E-state index contributed by atoms with van der Waals surface area (Å²) in [4.78, 5) is 13.0.